The number of hydrogen-bond acceptors (Lipinski definition) is 4. The fourth-order valence-corrected chi connectivity index (χ4v) is 3.68. The lowest BCUT2D eigenvalue weighted by atomic mass is 9.99. The number of amides is 1. The van der Waals surface area contributed by atoms with Gasteiger partial charge in [-0.25, -0.2) is 4.39 Å². The Bertz CT molecular complexity index is 1320. The van der Waals surface area contributed by atoms with Crippen LogP contribution in [0.15, 0.2) is 77.4 Å². The van der Waals surface area contributed by atoms with Crippen molar-refractivity contribution in [2.24, 2.45) is 0 Å². The molecule has 0 fully saturated rings. The summed E-state index contributed by atoms with van der Waals surface area (Å²) in [6.45, 7) is 2.24. The number of hydrogen-bond donors (Lipinski definition) is 1. The zero-order chi connectivity index (χ0) is 23.4. The number of allylic oxidation sites excluding steroid dienone is 1. The molecule has 0 radical (unpaired) electrons. The second kappa shape index (κ2) is 9.61. The monoisotopic (exact) mass is 445 g/mol. The van der Waals surface area contributed by atoms with Crippen molar-refractivity contribution >= 4 is 22.4 Å². The Morgan fingerprint density at radius 2 is 1.85 bits per heavy atom. The Morgan fingerprint density at radius 1 is 1.06 bits per heavy atom. The van der Waals surface area contributed by atoms with Gasteiger partial charge in [0.15, 0.2) is 0 Å². The van der Waals surface area contributed by atoms with E-state index >= 15 is 0 Å². The second-order valence-corrected chi connectivity index (χ2v) is 7.60. The first-order valence-electron chi connectivity index (χ1n) is 10.4. The summed E-state index contributed by atoms with van der Waals surface area (Å²) in [4.78, 5) is 12.6. The van der Waals surface area contributed by atoms with Gasteiger partial charge in [-0.05, 0) is 54.0 Å². The molecule has 0 aliphatic rings. The molecule has 1 aromatic heterocycles. The predicted octanol–water partition coefficient (Wildman–Crippen LogP) is 5.98. The number of furan rings is 1. The first-order chi connectivity index (χ1) is 16.0. The van der Waals surface area contributed by atoms with Gasteiger partial charge in [0, 0.05) is 35.2 Å². The van der Waals surface area contributed by atoms with Gasteiger partial charge >= 0.3 is 0 Å². The highest BCUT2D eigenvalue weighted by molar-refractivity contribution is 6.00. The van der Waals surface area contributed by atoms with E-state index in [2.05, 4.69) is 5.32 Å². The summed E-state index contributed by atoms with van der Waals surface area (Å²) >= 11 is 0. The number of halogens is 1. The van der Waals surface area contributed by atoms with E-state index in [-0.39, 0.29) is 11.7 Å². The smallest absolute Gasteiger partial charge is 0.244 e. The first-order valence-corrected chi connectivity index (χ1v) is 10.4. The lowest BCUT2D eigenvalue weighted by Gasteiger charge is -2.10. The summed E-state index contributed by atoms with van der Waals surface area (Å²) in [7, 11) is 3.18. The zero-order valence-corrected chi connectivity index (χ0v) is 18.6. The summed E-state index contributed by atoms with van der Waals surface area (Å²) in [5.74, 6) is 0.816. The SMILES string of the molecule is COc1cccc(CNC(=O)/C=C(\C)c2cc3c(-c4ccc(F)cc4)coc3cc2OC)c1. The van der Waals surface area contributed by atoms with Crippen LogP contribution in [0.3, 0.4) is 0 Å². The minimum atomic E-state index is -0.298. The Kier molecular flexibility index (Phi) is 6.45. The minimum Gasteiger partial charge on any atom is -0.497 e. The molecule has 0 saturated carbocycles. The number of methoxy groups -OCH3 is 2. The molecular weight excluding hydrogens is 421 g/mol. The minimum absolute atomic E-state index is 0.219. The molecule has 1 amide bonds. The maximum absolute atomic E-state index is 13.3. The number of carbonyl (C=O) groups is 1. The maximum Gasteiger partial charge on any atom is 0.244 e. The van der Waals surface area contributed by atoms with Gasteiger partial charge in [0.2, 0.25) is 5.91 Å². The molecule has 1 N–H and O–H groups in total. The molecule has 1 heterocycles. The molecule has 6 heteroatoms. The van der Waals surface area contributed by atoms with Crippen LogP contribution in [-0.4, -0.2) is 20.1 Å². The van der Waals surface area contributed by atoms with Gasteiger partial charge in [-0.1, -0.05) is 24.3 Å². The molecule has 0 unspecified atom stereocenters. The molecule has 4 rings (SSSR count). The number of carbonyl (C=O) groups excluding carboxylic acids is 1. The van der Waals surface area contributed by atoms with Crippen LogP contribution in [0.1, 0.15) is 18.1 Å². The molecular formula is C27H24FNO4. The quantitative estimate of drug-likeness (QED) is 0.356. The highest BCUT2D eigenvalue weighted by Gasteiger charge is 2.15. The van der Waals surface area contributed by atoms with Crippen molar-refractivity contribution < 1.29 is 23.1 Å². The second-order valence-electron chi connectivity index (χ2n) is 7.60. The molecule has 3 aromatic carbocycles. The molecule has 33 heavy (non-hydrogen) atoms. The highest BCUT2D eigenvalue weighted by atomic mass is 19.1. The third-order valence-electron chi connectivity index (χ3n) is 5.42. The molecule has 0 atom stereocenters. The van der Waals surface area contributed by atoms with Crippen molar-refractivity contribution in [2.75, 3.05) is 14.2 Å². The van der Waals surface area contributed by atoms with E-state index in [9.17, 15) is 9.18 Å². The van der Waals surface area contributed by atoms with Crippen molar-refractivity contribution in [3.63, 3.8) is 0 Å². The number of benzene rings is 3. The van der Waals surface area contributed by atoms with Gasteiger partial charge in [-0.2, -0.15) is 0 Å². The van der Waals surface area contributed by atoms with Crippen molar-refractivity contribution in [3.05, 3.63) is 89.9 Å². The van der Waals surface area contributed by atoms with Gasteiger partial charge in [0.1, 0.15) is 22.9 Å². The number of rotatable bonds is 7. The lowest BCUT2D eigenvalue weighted by molar-refractivity contribution is -0.116. The number of nitrogens with one attached hydrogen (secondary N) is 1. The zero-order valence-electron chi connectivity index (χ0n) is 18.6. The van der Waals surface area contributed by atoms with Gasteiger partial charge in [-0.15, -0.1) is 0 Å². The topological polar surface area (TPSA) is 60.7 Å². The van der Waals surface area contributed by atoms with E-state index < -0.39 is 0 Å². The van der Waals surface area contributed by atoms with E-state index in [1.54, 1.807) is 44.8 Å². The fourth-order valence-electron chi connectivity index (χ4n) is 3.68. The van der Waals surface area contributed by atoms with Crippen LogP contribution in [-0.2, 0) is 11.3 Å². The van der Waals surface area contributed by atoms with E-state index in [1.165, 1.54) is 12.1 Å². The van der Waals surface area contributed by atoms with Crippen molar-refractivity contribution in [1.82, 2.24) is 5.32 Å². The normalized spacial score (nSPS) is 11.5. The molecule has 0 spiro atoms. The van der Waals surface area contributed by atoms with Crippen LogP contribution in [0.4, 0.5) is 4.39 Å². The van der Waals surface area contributed by atoms with E-state index in [4.69, 9.17) is 13.9 Å². The summed E-state index contributed by atoms with van der Waals surface area (Å²) in [6, 6.07) is 17.5. The molecule has 5 nitrogen and oxygen atoms in total. The van der Waals surface area contributed by atoms with Gasteiger partial charge < -0.3 is 19.2 Å². The van der Waals surface area contributed by atoms with E-state index in [1.807, 2.05) is 37.3 Å². The maximum atomic E-state index is 13.3. The van der Waals surface area contributed by atoms with Crippen LogP contribution in [0.2, 0.25) is 0 Å². The van der Waals surface area contributed by atoms with Crippen LogP contribution >= 0.6 is 0 Å². The fraction of sp³-hybridized carbons (Fsp3) is 0.148. The van der Waals surface area contributed by atoms with E-state index in [0.29, 0.717) is 17.9 Å². The van der Waals surface area contributed by atoms with Gasteiger partial charge in [0.05, 0.1) is 20.5 Å². The summed E-state index contributed by atoms with van der Waals surface area (Å²) < 4.78 is 29.8. The third kappa shape index (κ3) is 4.90. The number of fused-ring (bicyclic) bond motifs is 1. The average Bonchev–Trinajstić information content (AvgIpc) is 3.25. The Labute approximate surface area is 191 Å². The van der Waals surface area contributed by atoms with Crippen molar-refractivity contribution in [1.29, 1.82) is 0 Å². The molecule has 0 saturated heterocycles. The summed E-state index contributed by atoms with van der Waals surface area (Å²) in [6.07, 6.45) is 3.18. The van der Waals surface area contributed by atoms with Gasteiger partial charge in [0.25, 0.3) is 0 Å². The Morgan fingerprint density at radius 3 is 2.58 bits per heavy atom. The summed E-state index contributed by atoms with van der Waals surface area (Å²) in [5.41, 5.74) is 4.77. The molecule has 4 aromatic rings. The van der Waals surface area contributed by atoms with Crippen molar-refractivity contribution in [3.8, 4) is 22.6 Å². The molecule has 0 aliphatic carbocycles. The standard InChI is InChI=1S/C27H24FNO4/c1-17(11-27(30)29-15-18-5-4-6-21(12-18)31-2)22-13-23-24(19-7-9-20(28)10-8-19)16-33-26(23)14-25(22)32-3/h4-14,16H,15H2,1-3H3,(H,29,30)/b17-11+. The van der Waals surface area contributed by atoms with Crippen LogP contribution in [0.5, 0.6) is 11.5 Å². The van der Waals surface area contributed by atoms with Gasteiger partial charge in [-0.3, -0.25) is 4.79 Å². The highest BCUT2D eigenvalue weighted by Crippen LogP contribution is 2.37. The molecule has 0 aliphatic heterocycles. The van der Waals surface area contributed by atoms with Crippen LogP contribution in [0, 0.1) is 5.82 Å². The predicted molar refractivity (Wildman–Crippen MR) is 127 cm³/mol. The lowest BCUT2D eigenvalue weighted by Crippen LogP contribution is -2.20. The van der Waals surface area contributed by atoms with Crippen LogP contribution in [0.25, 0.3) is 27.7 Å². The summed E-state index contributed by atoms with van der Waals surface area (Å²) in [5, 5.41) is 3.75. The average molecular weight is 445 g/mol. The Hall–Kier alpha value is -4.06. The Balaban J connectivity index is 1.61. The molecule has 168 valence electrons. The molecule has 0 bridgehead atoms. The largest absolute Gasteiger partial charge is 0.497 e. The third-order valence-corrected chi connectivity index (χ3v) is 5.42. The van der Waals surface area contributed by atoms with Crippen molar-refractivity contribution in [2.45, 2.75) is 13.5 Å². The number of ether oxygens (including phenoxy) is 2. The van der Waals surface area contributed by atoms with E-state index in [0.717, 1.165) is 39.0 Å². The first kappa shape index (κ1) is 22.1. The van der Waals surface area contributed by atoms with Crippen LogP contribution < -0.4 is 14.8 Å².